The molecule has 1 aliphatic carbocycles. The Labute approximate surface area is 80.0 Å². The van der Waals surface area contributed by atoms with Crippen molar-refractivity contribution in [3.05, 3.63) is 12.2 Å². The van der Waals surface area contributed by atoms with Crippen molar-refractivity contribution in [1.82, 2.24) is 0 Å². The smallest absolute Gasteiger partial charge is 0.287 e. The highest BCUT2D eigenvalue weighted by Crippen LogP contribution is 2.33. The molecule has 1 rings (SSSR count). The summed E-state index contributed by atoms with van der Waals surface area (Å²) in [6.07, 6.45) is -4.67. The van der Waals surface area contributed by atoms with Crippen LogP contribution in [0, 0.1) is 17.2 Å². The predicted molar refractivity (Wildman–Crippen MR) is 43.0 cm³/mol. The highest BCUT2D eigenvalue weighted by Gasteiger charge is 2.38. The van der Waals surface area contributed by atoms with E-state index in [0.29, 0.717) is 12.8 Å². The van der Waals surface area contributed by atoms with E-state index in [-0.39, 0.29) is 6.42 Å². The maximum absolute atomic E-state index is 11.9. The van der Waals surface area contributed by atoms with Crippen molar-refractivity contribution in [3.8, 4) is 6.07 Å². The van der Waals surface area contributed by atoms with E-state index in [4.69, 9.17) is 5.26 Å². The lowest BCUT2D eigenvalue weighted by atomic mass is 9.85. The van der Waals surface area contributed by atoms with Gasteiger partial charge in [-0.05, 0) is 19.3 Å². The molecule has 14 heavy (non-hydrogen) atoms. The lowest BCUT2D eigenvalue weighted by molar-refractivity contribution is -0.348. The Balaban J connectivity index is 2.60. The SMILES string of the molecule is C=C1CCC(OC(F)(F)F)C(C#N)C1. The summed E-state index contributed by atoms with van der Waals surface area (Å²) in [5.41, 5.74) is 0.818. The standard InChI is InChI=1S/C9H10F3NO/c1-6-2-3-8(7(4-6)5-13)14-9(10,11)12/h7-8H,1-4H2. The molecule has 0 aliphatic heterocycles. The summed E-state index contributed by atoms with van der Waals surface area (Å²) < 4.78 is 39.5. The highest BCUT2D eigenvalue weighted by atomic mass is 19.4. The second kappa shape index (κ2) is 4.01. The van der Waals surface area contributed by atoms with E-state index in [9.17, 15) is 13.2 Å². The Hall–Kier alpha value is -1.02. The lowest BCUT2D eigenvalue weighted by Crippen LogP contribution is -2.32. The molecule has 2 nitrogen and oxygen atoms in total. The first-order chi connectivity index (χ1) is 6.42. The van der Waals surface area contributed by atoms with Crippen LogP contribution >= 0.6 is 0 Å². The average molecular weight is 205 g/mol. The Bertz CT molecular complexity index is 266. The third-order valence-electron chi connectivity index (χ3n) is 2.19. The van der Waals surface area contributed by atoms with Gasteiger partial charge in [0.05, 0.1) is 18.1 Å². The van der Waals surface area contributed by atoms with Crippen LogP contribution in [0.1, 0.15) is 19.3 Å². The second-order valence-electron chi connectivity index (χ2n) is 3.33. The summed E-state index contributed by atoms with van der Waals surface area (Å²) in [5, 5.41) is 8.64. The third-order valence-corrected chi connectivity index (χ3v) is 2.19. The zero-order valence-corrected chi connectivity index (χ0v) is 7.47. The molecule has 1 saturated carbocycles. The molecule has 78 valence electrons. The molecule has 5 heteroatoms. The van der Waals surface area contributed by atoms with Gasteiger partial charge < -0.3 is 0 Å². The minimum absolute atomic E-state index is 0.219. The molecular weight excluding hydrogens is 195 g/mol. The maximum atomic E-state index is 11.9. The van der Waals surface area contributed by atoms with Gasteiger partial charge in [-0.15, -0.1) is 13.2 Å². The molecule has 0 radical (unpaired) electrons. The number of rotatable bonds is 1. The van der Waals surface area contributed by atoms with Gasteiger partial charge in [-0.2, -0.15) is 5.26 Å². The van der Waals surface area contributed by atoms with Crippen molar-refractivity contribution in [2.45, 2.75) is 31.7 Å². The van der Waals surface area contributed by atoms with E-state index in [1.807, 2.05) is 6.07 Å². The molecular formula is C9H10F3NO. The second-order valence-corrected chi connectivity index (χ2v) is 3.33. The van der Waals surface area contributed by atoms with Crippen LogP contribution in [-0.4, -0.2) is 12.5 Å². The normalized spacial score (nSPS) is 28.6. The number of halogens is 3. The average Bonchev–Trinajstić information content (AvgIpc) is 2.06. The molecule has 2 atom stereocenters. The summed E-state index contributed by atoms with van der Waals surface area (Å²) in [7, 11) is 0. The van der Waals surface area contributed by atoms with Crippen molar-refractivity contribution in [3.63, 3.8) is 0 Å². The molecule has 0 bridgehead atoms. The van der Waals surface area contributed by atoms with Gasteiger partial charge in [-0.3, -0.25) is 4.74 Å². The summed E-state index contributed by atoms with van der Waals surface area (Å²) in [6, 6.07) is 1.82. The van der Waals surface area contributed by atoms with Crippen LogP contribution in [0.25, 0.3) is 0 Å². The van der Waals surface area contributed by atoms with Crippen LogP contribution in [0.4, 0.5) is 13.2 Å². The van der Waals surface area contributed by atoms with Crippen LogP contribution in [0.2, 0.25) is 0 Å². The predicted octanol–water partition coefficient (Wildman–Crippen LogP) is 2.77. The summed E-state index contributed by atoms with van der Waals surface area (Å²) >= 11 is 0. The number of alkyl halides is 3. The monoisotopic (exact) mass is 205 g/mol. The van der Waals surface area contributed by atoms with Gasteiger partial charge in [0.15, 0.2) is 0 Å². The molecule has 0 saturated heterocycles. The van der Waals surface area contributed by atoms with Crippen molar-refractivity contribution >= 4 is 0 Å². The Morgan fingerprint density at radius 3 is 2.64 bits per heavy atom. The number of allylic oxidation sites excluding steroid dienone is 1. The number of nitriles is 1. The minimum atomic E-state index is -4.65. The summed E-state index contributed by atoms with van der Waals surface area (Å²) in [4.78, 5) is 0. The number of hydrogen-bond donors (Lipinski definition) is 0. The molecule has 2 unspecified atom stereocenters. The zero-order valence-electron chi connectivity index (χ0n) is 7.47. The van der Waals surface area contributed by atoms with Gasteiger partial charge in [0.25, 0.3) is 0 Å². The van der Waals surface area contributed by atoms with Crippen molar-refractivity contribution < 1.29 is 17.9 Å². The first-order valence-corrected chi connectivity index (χ1v) is 4.23. The fourth-order valence-corrected chi connectivity index (χ4v) is 1.53. The van der Waals surface area contributed by atoms with Gasteiger partial charge in [-0.1, -0.05) is 12.2 Å². The van der Waals surface area contributed by atoms with E-state index < -0.39 is 18.4 Å². The largest absolute Gasteiger partial charge is 0.522 e. The van der Waals surface area contributed by atoms with Gasteiger partial charge in [0, 0.05) is 0 Å². The van der Waals surface area contributed by atoms with Crippen LogP contribution in [-0.2, 0) is 4.74 Å². The number of ether oxygens (including phenoxy) is 1. The maximum Gasteiger partial charge on any atom is 0.522 e. The number of hydrogen-bond acceptors (Lipinski definition) is 2. The highest BCUT2D eigenvalue weighted by molar-refractivity contribution is 5.08. The molecule has 0 N–H and O–H groups in total. The molecule has 0 aromatic rings. The molecule has 0 aromatic carbocycles. The Morgan fingerprint density at radius 2 is 2.14 bits per heavy atom. The fourth-order valence-electron chi connectivity index (χ4n) is 1.53. The molecule has 1 fully saturated rings. The van der Waals surface area contributed by atoms with Crippen molar-refractivity contribution in [1.29, 1.82) is 5.26 Å². The number of nitrogens with zero attached hydrogens (tertiary/aromatic N) is 1. The Morgan fingerprint density at radius 1 is 1.50 bits per heavy atom. The van der Waals surface area contributed by atoms with Gasteiger partial charge in [0.1, 0.15) is 0 Å². The van der Waals surface area contributed by atoms with Gasteiger partial charge >= 0.3 is 6.36 Å². The van der Waals surface area contributed by atoms with E-state index in [1.165, 1.54) is 0 Å². The quantitative estimate of drug-likeness (QED) is 0.616. The molecule has 0 aromatic heterocycles. The van der Waals surface area contributed by atoms with Crippen molar-refractivity contribution in [2.75, 3.05) is 0 Å². The van der Waals surface area contributed by atoms with Crippen LogP contribution in [0.5, 0.6) is 0 Å². The lowest BCUT2D eigenvalue weighted by Gasteiger charge is -2.28. The van der Waals surface area contributed by atoms with Crippen LogP contribution in [0.3, 0.4) is 0 Å². The third kappa shape index (κ3) is 3.04. The van der Waals surface area contributed by atoms with Crippen molar-refractivity contribution in [2.24, 2.45) is 5.92 Å². The Kier molecular flexibility index (Phi) is 3.17. The fraction of sp³-hybridized carbons (Fsp3) is 0.667. The van der Waals surface area contributed by atoms with E-state index in [1.54, 1.807) is 0 Å². The van der Waals surface area contributed by atoms with Gasteiger partial charge in [0.2, 0.25) is 0 Å². The topological polar surface area (TPSA) is 33.0 Å². The van der Waals surface area contributed by atoms with Crippen LogP contribution in [0.15, 0.2) is 12.2 Å². The first-order valence-electron chi connectivity index (χ1n) is 4.23. The van der Waals surface area contributed by atoms with Gasteiger partial charge in [-0.25, -0.2) is 0 Å². The zero-order chi connectivity index (χ0) is 10.8. The summed E-state index contributed by atoms with van der Waals surface area (Å²) in [6.45, 7) is 3.66. The van der Waals surface area contributed by atoms with E-state index in [0.717, 1.165) is 5.57 Å². The molecule has 0 heterocycles. The minimum Gasteiger partial charge on any atom is -0.287 e. The first kappa shape index (κ1) is 11.1. The summed E-state index contributed by atoms with van der Waals surface area (Å²) in [5.74, 6) is -0.724. The van der Waals surface area contributed by atoms with E-state index >= 15 is 0 Å². The molecule has 0 amide bonds. The van der Waals surface area contributed by atoms with Crippen LogP contribution < -0.4 is 0 Å². The molecule has 0 spiro atoms. The van der Waals surface area contributed by atoms with E-state index in [2.05, 4.69) is 11.3 Å². The molecule has 1 aliphatic rings.